The molecule has 2 aromatic heterocycles. The van der Waals surface area contributed by atoms with Gasteiger partial charge in [-0.1, -0.05) is 13.8 Å². The second kappa shape index (κ2) is 4.95. The van der Waals surface area contributed by atoms with Crippen molar-refractivity contribution in [1.82, 2.24) is 19.5 Å². The van der Waals surface area contributed by atoms with Gasteiger partial charge in [0.25, 0.3) is 0 Å². The van der Waals surface area contributed by atoms with Crippen LogP contribution in [0.25, 0.3) is 0 Å². The van der Waals surface area contributed by atoms with E-state index in [1.54, 1.807) is 6.20 Å². The summed E-state index contributed by atoms with van der Waals surface area (Å²) in [6.07, 6.45) is 6.20. The van der Waals surface area contributed by atoms with Gasteiger partial charge in [0.2, 0.25) is 0 Å². The minimum absolute atomic E-state index is 0.126. The molecule has 0 amide bonds. The van der Waals surface area contributed by atoms with E-state index in [9.17, 15) is 4.79 Å². The van der Waals surface area contributed by atoms with E-state index in [4.69, 9.17) is 5.11 Å². The van der Waals surface area contributed by atoms with Crippen molar-refractivity contribution in [2.24, 2.45) is 0 Å². The highest BCUT2D eigenvalue weighted by molar-refractivity contribution is 5.88. The highest BCUT2D eigenvalue weighted by Crippen LogP contribution is 2.14. The topological polar surface area (TPSA) is 80.9 Å². The van der Waals surface area contributed by atoms with Crippen molar-refractivity contribution in [1.29, 1.82) is 0 Å². The summed E-state index contributed by atoms with van der Waals surface area (Å²) in [7, 11) is 0. The molecule has 0 aliphatic rings. The molecule has 0 fully saturated rings. The minimum atomic E-state index is -1.02. The van der Waals surface area contributed by atoms with Crippen molar-refractivity contribution in [2.45, 2.75) is 26.3 Å². The van der Waals surface area contributed by atoms with Crippen LogP contribution in [-0.4, -0.2) is 30.6 Å². The fourth-order valence-corrected chi connectivity index (χ4v) is 1.78. The molecular weight excluding hydrogens is 232 g/mol. The van der Waals surface area contributed by atoms with Crippen molar-refractivity contribution in [3.63, 3.8) is 0 Å². The van der Waals surface area contributed by atoms with Crippen molar-refractivity contribution in [3.8, 4) is 0 Å². The van der Waals surface area contributed by atoms with E-state index in [1.165, 1.54) is 12.5 Å². The van der Waals surface area contributed by atoms with Crippen LogP contribution in [0.3, 0.4) is 0 Å². The van der Waals surface area contributed by atoms with E-state index in [0.717, 1.165) is 5.82 Å². The van der Waals surface area contributed by atoms with E-state index in [1.807, 2.05) is 24.6 Å². The minimum Gasteiger partial charge on any atom is -0.478 e. The van der Waals surface area contributed by atoms with Gasteiger partial charge in [0.15, 0.2) is 0 Å². The van der Waals surface area contributed by atoms with Crippen LogP contribution in [0, 0.1) is 0 Å². The van der Waals surface area contributed by atoms with Crippen LogP contribution in [0.15, 0.2) is 24.9 Å². The van der Waals surface area contributed by atoms with Crippen LogP contribution in [0.5, 0.6) is 0 Å². The zero-order chi connectivity index (χ0) is 13.1. The molecule has 6 nitrogen and oxygen atoms in total. The standard InChI is InChI=1S/C12H14N4O2/c1-8(2)11-14-3-4-16(11)6-10-9(12(17)18)5-13-7-15-10/h3-5,7-8H,6H2,1-2H3,(H,17,18). The average Bonchev–Trinajstić information content (AvgIpc) is 2.77. The highest BCUT2D eigenvalue weighted by Gasteiger charge is 2.14. The first-order chi connectivity index (χ1) is 8.59. The molecule has 6 heteroatoms. The first-order valence-electron chi connectivity index (χ1n) is 5.62. The van der Waals surface area contributed by atoms with Gasteiger partial charge < -0.3 is 9.67 Å². The first kappa shape index (κ1) is 12.2. The third-order valence-electron chi connectivity index (χ3n) is 2.61. The molecular formula is C12H14N4O2. The molecule has 0 atom stereocenters. The quantitative estimate of drug-likeness (QED) is 0.885. The normalized spacial score (nSPS) is 10.8. The molecule has 0 aliphatic heterocycles. The third kappa shape index (κ3) is 2.37. The Morgan fingerprint density at radius 3 is 2.89 bits per heavy atom. The Morgan fingerprint density at radius 1 is 1.44 bits per heavy atom. The smallest absolute Gasteiger partial charge is 0.339 e. The van der Waals surface area contributed by atoms with E-state index in [-0.39, 0.29) is 11.5 Å². The monoisotopic (exact) mass is 246 g/mol. The van der Waals surface area contributed by atoms with Gasteiger partial charge >= 0.3 is 5.97 Å². The number of hydrogen-bond donors (Lipinski definition) is 1. The Balaban J connectivity index is 2.34. The zero-order valence-corrected chi connectivity index (χ0v) is 10.2. The summed E-state index contributed by atoms with van der Waals surface area (Å²) >= 11 is 0. The van der Waals surface area contributed by atoms with Crippen molar-refractivity contribution in [3.05, 3.63) is 42.0 Å². The number of aromatic carboxylic acids is 1. The number of aromatic nitrogens is 4. The maximum Gasteiger partial charge on any atom is 0.339 e. The Bertz CT molecular complexity index is 563. The lowest BCUT2D eigenvalue weighted by molar-refractivity contribution is 0.0694. The Labute approximate surface area is 104 Å². The Morgan fingerprint density at radius 2 is 2.22 bits per heavy atom. The Kier molecular flexibility index (Phi) is 3.36. The fourth-order valence-electron chi connectivity index (χ4n) is 1.78. The van der Waals surface area contributed by atoms with Crippen LogP contribution in [-0.2, 0) is 6.54 Å². The molecule has 0 unspecified atom stereocenters. The molecule has 0 radical (unpaired) electrons. The summed E-state index contributed by atoms with van der Waals surface area (Å²) in [6.45, 7) is 4.46. The molecule has 18 heavy (non-hydrogen) atoms. The molecule has 0 spiro atoms. The summed E-state index contributed by atoms with van der Waals surface area (Å²) in [4.78, 5) is 23.1. The van der Waals surface area contributed by atoms with Gasteiger partial charge in [-0.25, -0.2) is 19.7 Å². The van der Waals surface area contributed by atoms with Crippen LogP contribution in [0.1, 0.15) is 41.6 Å². The van der Waals surface area contributed by atoms with Gasteiger partial charge in [0.05, 0.1) is 12.2 Å². The lowest BCUT2D eigenvalue weighted by Crippen LogP contribution is -2.12. The molecule has 1 N–H and O–H groups in total. The predicted molar refractivity (Wildman–Crippen MR) is 64.4 cm³/mol. The van der Waals surface area contributed by atoms with Gasteiger partial charge in [0.1, 0.15) is 17.7 Å². The summed E-state index contributed by atoms with van der Waals surface area (Å²) in [6, 6.07) is 0. The molecule has 0 aliphatic carbocycles. The number of nitrogens with zero attached hydrogens (tertiary/aromatic N) is 4. The van der Waals surface area contributed by atoms with E-state index in [2.05, 4.69) is 15.0 Å². The largest absolute Gasteiger partial charge is 0.478 e. The molecule has 0 saturated heterocycles. The molecule has 2 rings (SSSR count). The lowest BCUT2D eigenvalue weighted by Gasteiger charge is -2.10. The van der Waals surface area contributed by atoms with Gasteiger partial charge in [-0.15, -0.1) is 0 Å². The van der Waals surface area contributed by atoms with Crippen LogP contribution < -0.4 is 0 Å². The molecule has 0 aromatic carbocycles. The molecule has 2 aromatic rings. The Hall–Kier alpha value is -2.24. The van der Waals surface area contributed by atoms with E-state index >= 15 is 0 Å². The maximum absolute atomic E-state index is 11.1. The summed E-state index contributed by atoms with van der Waals surface area (Å²) < 4.78 is 1.90. The lowest BCUT2D eigenvalue weighted by atomic mass is 10.2. The molecule has 0 saturated carbocycles. The van der Waals surface area contributed by atoms with Crippen LogP contribution >= 0.6 is 0 Å². The second-order valence-electron chi connectivity index (χ2n) is 4.26. The van der Waals surface area contributed by atoms with E-state index in [0.29, 0.717) is 12.2 Å². The summed E-state index contributed by atoms with van der Waals surface area (Å²) in [5.41, 5.74) is 0.610. The zero-order valence-electron chi connectivity index (χ0n) is 10.2. The SMILES string of the molecule is CC(C)c1nccn1Cc1ncncc1C(=O)O. The van der Waals surface area contributed by atoms with E-state index < -0.39 is 5.97 Å². The van der Waals surface area contributed by atoms with Gasteiger partial charge in [-0.2, -0.15) is 0 Å². The predicted octanol–water partition coefficient (Wildman–Crippen LogP) is 1.54. The summed E-state index contributed by atoms with van der Waals surface area (Å²) in [5.74, 6) is 0.164. The summed E-state index contributed by atoms with van der Waals surface area (Å²) in [5, 5.41) is 9.07. The number of imidazole rings is 1. The number of carbonyl (C=O) groups is 1. The molecule has 94 valence electrons. The first-order valence-corrected chi connectivity index (χ1v) is 5.62. The number of carboxylic acid groups (broad SMARTS) is 1. The third-order valence-corrected chi connectivity index (χ3v) is 2.61. The number of carboxylic acids is 1. The highest BCUT2D eigenvalue weighted by atomic mass is 16.4. The van der Waals surface area contributed by atoms with Crippen molar-refractivity contribution in [2.75, 3.05) is 0 Å². The number of hydrogen-bond acceptors (Lipinski definition) is 4. The fraction of sp³-hybridized carbons (Fsp3) is 0.333. The maximum atomic E-state index is 11.1. The van der Waals surface area contributed by atoms with Gasteiger partial charge in [-0.05, 0) is 0 Å². The van der Waals surface area contributed by atoms with Gasteiger partial charge in [-0.3, -0.25) is 0 Å². The van der Waals surface area contributed by atoms with Crippen molar-refractivity contribution < 1.29 is 9.90 Å². The van der Waals surface area contributed by atoms with Crippen LogP contribution in [0.4, 0.5) is 0 Å². The number of rotatable bonds is 4. The molecule has 0 bridgehead atoms. The van der Waals surface area contributed by atoms with Crippen molar-refractivity contribution >= 4 is 5.97 Å². The van der Waals surface area contributed by atoms with Crippen LogP contribution in [0.2, 0.25) is 0 Å². The second-order valence-corrected chi connectivity index (χ2v) is 4.26. The molecule has 2 heterocycles. The average molecular weight is 246 g/mol. The van der Waals surface area contributed by atoms with Gasteiger partial charge in [0, 0.05) is 24.5 Å².